The van der Waals surface area contributed by atoms with E-state index in [9.17, 15) is 0 Å². The van der Waals surface area contributed by atoms with Gasteiger partial charge in [-0.25, -0.2) is 0 Å². The molecular weight excluding hydrogens is 332 g/mol. The molecule has 1 heterocycles. The van der Waals surface area contributed by atoms with Crippen LogP contribution in [0.25, 0.3) is 0 Å². The van der Waals surface area contributed by atoms with E-state index >= 15 is 0 Å². The van der Waals surface area contributed by atoms with E-state index in [0.29, 0.717) is 0 Å². The van der Waals surface area contributed by atoms with E-state index in [4.69, 9.17) is 9.47 Å². The number of thioether (sulfide) groups is 1. The van der Waals surface area contributed by atoms with Gasteiger partial charge in [-0.3, -0.25) is 0 Å². The van der Waals surface area contributed by atoms with Crippen LogP contribution in [-0.4, -0.2) is 38.8 Å². The maximum atomic E-state index is 5.32. The van der Waals surface area contributed by atoms with Gasteiger partial charge in [0.05, 0.1) is 14.2 Å². The molecule has 0 unspecified atom stereocenters. The molecule has 5 heteroatoms. The summed E-state index contributed by atoms with van der Waals surface area (Å²) in [5.74, 6) is 4.10. The van der Waals surface area contributed by atoms with E-state index in [1.807, 2.05) is 30.0 Å². The van der Waals surface area contributed by atoms with E-state index < -0.39 is 0 Å². The van der Waals surface area contributed by atoms with Crippen molar-refractivity contribution in [2.45, 2.75) is 13.1 Å². The van der Waals surface area contributed by atoms with Crippen molar-refractivity contribution < 1.29 is 9.47 Å². The first-order chi connectivity index (χ1) is 12.3. The molecule has 134 valence electrons. The summed E-state index contributed by atoms with van der Waals surface area (Å²) in [6.07, 6.45) is 0. The van der Waals surface area contributed by atoms with Gasteiger partial charge in [0.25, 0.3) is 0 Å². The second-order valence-electron chi connectivity index (χ2n) is 6.09. The molecule has 1 saturated heterocycles. The van der Waals surface area contributed by atoms with Crippen LogP contribution in [0, 0.1) is 0 Å². The maximum Gasteiger partial charge on any atom is 0.122 e. The van der Waals surface area contributed by atoms with Gasteiger partial charge in [-0.1, -0.05) is 12.1 Å². The van der Waals surface area contributed by atoms with Gasteiger partial charge in [-0.05, 0) is 35.4 Å². The molecule has 0 atom stereocenters. The van der Waals surface area contributed by atoms with Gasteiger partial charge in [0.1, 0.15) is 11.5 Å². The SMILES string of the molecule is COc1cc(CNCc2ccc(N3CCSCC3)cc2)cc(OC)c1. The Morgan fingerprint density at radius 1 is 0.880 bits per heavy atom. The van der Waals surface area contributed by atoms with Gasteiger partial charge in [-0.2, -0.15) is 11.8 Å². The van der Waals surface area contributed by atoms with Crippen molar-refractivity contribution >= 4 is 17.4 Å². The monoisotopic (exact) mass is 358 g/mol. The fraction of sp³-hybridized carbons (Fsp3) is 0.400. The van der Waals surface area contributed by atoms with Crippen LogP contribution in [-0.2, 0) is 13.1 Å². The van der Waals surface area contributed by atoms with Crippen molar-refractivity contribution in [3.05, 3.63) is 53.6 Å². The number of nitrogens with one attached hydrogen (secondary N) is 1. The van der Waals surface area contributed by atoms with Crippen molar-refractivity contribution in [3.63, 3.8) is 0 Å². The quantitative estimate of drug-likeness (QED) is 0.819. The Morgan fingerprint density at radius 2 is 1.48 bits per heavy atom. The highest BCUT2D eigenvalue weighted by atomic mass is 32.2. The van der Waals surface area contributed by atoms with Crippen LogP contribution in [0.4, 0.5) is 5.69 Å². The van der Waals surface area contributed by atoms with E-state index in [0.717, 1.165) is 43.2 Å². The minimum absolute atomic E-state index is 0.776. The second-order valence-corrected chi connectivity index (χ2v) is 7.32. The van der Waals surface area contributed by atoms with Crippen LogP contribution >= 0.6 is 11.8 Å². The Hall–Kier alpha value is -1.85. The molecular formula is C20H26N2O2S. The zero-order valence-electron chi connectivity index (χ0n) is 15.0. The first-order valence-electron chi connectivity index (χ1n) is 8.63. The first kappa shape index (κ1) is 18.0. The van der Waals surface area contributed by atoms with Gasteiger partial charge in [0, 0.05) is 49.4 Å². The fourth-order valence-corrected chi connectivity index (χ4v) is 3.87. The highest BCUT2D eigenvalue weighted by Crippen LogP contribution is 2.23. The van der Waals surface area contributed by atoms with Gasteiger partial charge in [0.2, 0.25) is 0 Å². The zero-order chi connectivity index (χ0) is 17.5. The lowest BCUT2D eigenvalue weighted by atomic mass is 10.1. The summed E-state index contributed by atoms with van der Waals surface area (Å²) in [6.45, 7) is 3.92. The first-order valence-corrected chi connectivity index (χ1v) is 9.78. The second kappa shape index (κ2) is 9.02. The normalized spacial score (nSPS) is 14.4. The molecule has 2 aromatic rings. The molecule has 0 aliphatic carbocycles. The number of hydrogen-bond donors (Lipinski definition) is 1. The van der Waals surface area contributed by atoms with Crippen LogP contribution in [0.1, 0.15) is 11.1 Å². The summed E-state index contributed by atoms with van der Waals surface area (Å²) >= 11 is 2.04. The number of nitrogens with zero attached hydrogens (tertiary/aromatic N) is 1. The van der Waals surface area contributed by atoms with Crippen LogP contribution in [0.3, 0.4) is 0 Å². The number of rotatable bonds is 7. The summed E-state index contributed by atoms with van der Waals surface area (Å²) in [6, 6.07) is 14.9. The Bertz CT molecular complexity index is 648. The Labute approximate surface area is 154 Å². The molecule has 1 N–H and O–H groups in total. The van der Waals surface area contributed by atoms with E-state index in [1.165, 1.54) is 22.8 Å². The predicted molar refractivity (Wildman–Crippen MR) is 106 cm³/mol. The van der Waals surface area contributed by atoms with Crippen molar-refractivity contribution in [1.29, 1.82) is 0 Å². The number of benzene rings is 2. The minimum Gasteiger partial charge on any atom is -0.497 e. The molecule has 1 aliphatic rings. The van der Waals surface area contributed by atoms with Crippen LogP contribution in [0.5, 0.6) is 11.5 Å². The number of methoxy groups -OCH3 is 2. The smallest absolute Gasteiger partial charge is 0.122 e. The van der Waals surface area contributed by atoms with E-state index in [-0.39, 0.29) is 0 Å². The third-order valence-electron chi connectivity index (χ3n) is 4.38. The molecule has 0 amide bonds. The predicted octanol–water partition coefficient (Wildman–Crippen LogP) is 3.55. The number of anilines is 1. The average molecular weight is 359 g/mol. The summed E-state index contributed by atoms with van der Waals surface area (Å²) in [5, 5.41) is 3.49. The van der Waals surface area contributed by atoms with Crippen molar-refractivity contribution in [2.24, 2.45) is 0 Å². The summed E-state index contributed by atoms with van der Waals surface area (Å²) in [7, 11) is 3.35. The van der Waals surface area contributed by atoms with Gasteiger partial charge in [-0.15, -0.1) is 0 Å². The molecule has 0 radical (unpaired) electrons. The van der Waals surface area contributed by atoms with Crippen molar-refractivity contribution in [3.8, 4) is 11.5 Å². The minimum atomic E-state index is 0.776. The Kier molecular flexibility index (Phi) is 6.48. The highest BCUT2D eigenvalue weighted by molar-refractivity contribution is 7.99. The molecule has 0 aromatic heterocycles. The molecule has 0 saturated carbocycles. The molecule has 1 fully saturated rings. The number of hydrogen-bond acceptors (Lipinski definition) is 5. The number of ether oxygens (including phenoxy) is 2. The molecule has 2 aromatic carbocycles. The summed E-state index contributed by atoms with van der Waals surface area (Å²) < 4.78 is 10.6. The van der Waals surface area contributed by atoms with Crippen molar-refractivity contribution in [2.75, 3.05) is 43.7 Å². The largest absolute Gasteiger partial charge is 0.497 e. The Morgan fingerprint density at radius 3 is 2.08 bits per heavy atom. The van der Waals surface area contributed by atoms with Crippen LogP contribution < -0.4 is 19.7 Å². The molecule has 0 spiro atoms. The van der Waals surface area contributed by atoms with Crippen LogP contribution in [0.2, 0.25) is 0 Å². The molecule has 4 nitrogen and oxygen atoms in total. The lowest BCUT2D eigenvalue weighted by Crippen LogP contribution is -2.32. The highest BCUT2D eigenvalue weighted by Gasteiger charge is 2.10. The molecule has 3 rings (SSSR count). The lowest BCUT2D eigenvalue weighted by molar-refractivity contribution is 0.393. The lowest BCUT2D eigenvalue weighted by Gasteiger charge is -2.28. The summed E-state index contributed by atoms with van der Waals surface area (Å²) in [4.78, 5) is 2.47. The van der Waals surface area contributed by atoms with Gasteiger partial charge in [0.15, 0.2) is 0 Å². The van der Waals surface area contributed by atoms with E-state index in [2.05, 4.69) is 34.5 Å². The van der Waals surface area contributed by atoms with Gasteiger partial charge >= 0.3 is 0 Å². The third kappa shape index (κ3) is 5.06. The van der Waals surface area contributed by atoms with E-state index in [1.54, 1.807) is 14.2 Å². The topological polar surface area (TPSA) is 33.7 Å². The fourth-order valence-electron chi connectivity index (χ4n) is 2.97. The molecule has 25 heavy (non-hydrogen) atoms. The van der Waals surface area contributed by atoms with Crippen LogP contribution in [0.15, 0.2) is 42.5 Å². The maximum absolute atomic E-state index is 5.32. The standard InChI is InChI=1S/C20H26N2O2S/c1-23-19-11-17(12-20(13-19)24-2)15-21-14-16-3-5-18(6-4-16)22-7-9-25-10-8-22/h3-6,11-13,21H,7-10,14-15H2,1-2H3. The Balaban J connectivity index is 1.53. The average Bonchev–Trinajstić information content (AvgIpc) is 2.69. The van der Waals surface area contributed by atoms with Crippen molar-refractivity contribution in [1.82, 2.24) is 5.32 Å². The van der Waals surface area contributed by atoms with Gasteiger partial charge < -0.3 is 19.7 Å². The summed E-state index contributed by atoms with van der Waals surface area (Å²) in [5.41, 5.74) is 3.78. The molecule has 0 bridgehead atoms. The zero-order valence-corrected chi connectivity index (χ0v) is 15.8. The third-order valence-corrected chi connectivity index (χ3v) is 5.32. The molecule has 1 aliphatic heterocycles.